The highest BCUT2D eigenvalue weighted by Gasteiger charge is 2.25. The van der Waals surface area contributed by atoms with Gasteiger partial charge in [0, 0.05) is 12.6 Å². The van der Waals surface area contributed by atoms with Crippen LogP contribution >= 0.6 is 0 Å². The van der Waals surface area contributed by atoms with Crippen LogP contribution < -0.4 is 9.88 Å². The second-order valence-electron chi connectivity index (χ2n) is 6.10. The summed E-state index contributed by atoms with van der Waals surface area (Å²) in [4.78, 5) is 2.40. The van der Waals surface area contributed by atoms with Gasteiger partial charge in [0.1, 0.15) is 12.4 Å². The van der Waals surface area contributed by atoms with Crippen LogP contribution in [0.25, 0.3) is 0 Å². The molecule has 24 heavy (non-hydrogen) atoms. The van der Waals surface area contributed by atoms with E-state index in [0.717, 1.165) is 19.4 Å². The van der Waals surface area contributed by atoms with Crippen molar-refractivity contribution in [3.8, 4) is 5.75 Å². The molecule has 0 aliphatic heterocycles. The standard InChI is InChI=1S/C18H22N2O3S/c1-20(18-11-6-14-4-2-3-5-17(14)18)12-13-23-15-7-9-16(10-8-15)24(19,21)22/h2-5,7-10,18H,6,11-13H2,1H3,(H2,19,21,22)/t18-/m1/s1. The summed E-state index contributed by atoms with van der Waals surface area (Å²) >= 11 is 0. The van der Waals surface area contributed by atoms with E-state index in [-0.39, 0.29) is 4.90 Å². The molecule has 2 N–H and O–H groups in total. The highest BCUT2D eigenvalue weighted by atomic mass is 32.2. The zero-order valence-corrected chi connectivity index (χ0v) is 14.5. The first-order chi connectivity index (χ1) is 11.4. The number of hydrogen-bond donors (Lipinski definition) is 1. The van der Waals surface area contributed by atoms with Gasteiger partial charge in [-0.05, 0) is 55.3 Å². The van der Waals surface area contributed by atoms with Crippen LogP contribution in [0.3, 0.4) is 0 Å². The summed E-state index contributed by atoms with van der Waals surface area (Å²) in [5, 5.41) is 5.08. The molecule has 0 aromatic heterocycles. The van der Waals surface area contributed by atoms with Crippen LogP contribution in [0, 0.1) is 0 Å². The van der Waals surface area contributed by atoms with Gasteiger partial charge in [-0.3, -0.25) is 4.90 Å². The Morgan fingerprint density at radius 2 is 1.88 bits per heavy atom. The highest BCUT2D eigenvalue weighted by molar-refractivity contribution is 7.89. The van der Waals surface area contributed by atoms with Crippen molar-refractivity contribution in [3.05, 3.63) is 59.7 Å². The third kappa shape index (κ3) is 3.77. The largest absolute Gasteiger partial charge is 0.492 e. The quantitative estimate of drug-likeness (QED) is 0.871. The van der Waals surface area contributed by atoms with Gasteiger partial charge in [0.2, 0.25) is 10.0 Å². The van der Waals surface area contributed by atoms with Gasteiger partial charge in [-0.15, -0.1) is 0 Å². The Labute approximate surface area is 143 Å². The third-order valence-electron chi connectivity index (χ3n) is 4.50. The number of fused-ring (bicyclic) bond motifs is 1. The molecule has 0 bridgehead atoms. The van der Waals surface area contributed by atoms with E-state index in [1.54, 1.807) is 12.1 Å². The van der Waals surface area contributed by atoms with Crippen LogP contribution in [0.5, 0.6) is 5.75 Å². The molecule has 0 saturated carbocycles. The van der Waals surface area contributed by atoms with Gasteiger partial charge in [-0.25, -0.2) is 13.6 Å². The Hall–Kier alpha value is -1.89. The molecule has 0 unspecified atom stereocenters. The lowest BCUT2D eigenvalue weighted by molar-refractivity contribution is 0.191. The normalized spacial score (nSPS) is 17.0. The number of ether oxygens (including phenoxy) is 1. The molecular formula is C18H22N2O3S. The second kappa shape index (κ2) is 6.93. The number of rotatable bonds is 6. The molecule has 2 aromatic carbocycles. The fourth-order valence-electron chi connectivity index (χ4n) is 3.18. The molecule has 3 rings (SSSR count). The van der Waals surface area contributed by atoms with E-state index in [4.69, 9.17) is 9.88 Å². The van der Waals surface area contributed by atoms with Gasteiger partial charge in [0.05, 0.1) is 4.90 Å². The molecule has 0 saturated heterocycles. The zero-order valence-electron chi connectivity index (χ0n) is 13.7. The molecule has 128 valence electrons. The number of nitrogens with two attached hydrogens (primary N) is 1. The first kappa shape index (κ1) is 17.0. The molecule has 5 nitrogen and oxygen atoms in total. The highest BCUT2D eigenvalue weighted by Crippen LogP contribution is 2.34. The lowest BCUT2D eigenvalue weighted by Crippen LogP contribution is -2.27. The molecule has 0 amide bonds. The topological polar surface area (TPSA) is 72.6 Å². The number of sulfonamides is 1. The van der Waals surface area contributed by atoms with Gasteiger partial charge < -0.3 is 4.74 Å². The van der Waals surface area contributed by atoms with Gasteiger partial charge in [0.15, 0.2) is 0 Å². The molecule has 1 aliphatic rings. The molecule has 0 spiro atoms. The predicted octanol–water partition coefficient (Wildman–Crippen LogP) is 2.33. The summed E-state index contributed by atoms with van der Waals surface area (Å²) in [6.45, 7) is 1.35. The zero-order chi connectivity index (χ0) is 17.2. The Bertz CT molecular complexity index is 803. The Balaban J connectivity index is 1.53. The molecule has 6 heteroatoms. The van der Waals surface area contributed by atoms with E-state index in [1.165, 1.54) is 23.3 Å². The van der Waals surface area contributed by atoms with Crippen LogP contribution in [0.15, 0.2) is 53.4 Å². The van der Waals surface area contributed by atoms with Crippen LogP contribution in [0.1, 0.15) is 23.6 Å². The van der Waals surface area contributed by atoms with Crippen LogP contribution in [0.2, 0.25) is 0 Å². The van der Waals surface area contributed by atoms with Gasteiger partial charge in [0.25, 0.3) is 0 Å². The van der Waals surface area contributed by atoms with E-state index in [0.29, 0.717) is 18.4 Å². The van der Waals surface area contributed by atoms with Crippen LogP contribution in [-0.4, -0.2) is 33.5 Å². The van der Waals surface area contributed by atoms with E-state index in [9.17, 15) is 8.42 Å². The molecule has 0 radical (unpaired) electrons. The van der Waals surface area contributed by atoms with Gasteiger partial charge >= 0.3 is 0 Å². The number of hydrogen-bond acceptors (Lipinski definition) is 4. The van der Waals surface area contributed by atoms with E-state index in [1.807, 2.05) is 0 Å². The minimum absolute atomic E-state index is 0.0922. The van der Waals surface area contributed by atoms with Crippen molar-refractivity contribution >= 4 is 10.0 Å². The SMILES string of the molecule is CN(CCOc1ccc(S(N)(=O)=O)cc1)[C@@H]1CCc2ccccc21. The summed E-state index contributed by atoms with van der Waals surface area (Å²) < 4.78 is 28.2. The molecule has 0 fully saturated rings. The van der Waals surface area contributed by atoms with Crippen molar-refractivity contribution in [2.75, 3.05) is 20.2 Å². The molecule has 0 heterocycles. The minimum Gasteiger partial charge on any atom is -0.492 e. The summed E-state index contributed by atoms with van der Waals surface area (Å²) in [5.41, 5.74) is 2.85. The maximum atomic E-state index is 11.2. The van der Waals surface area contributed by atoms with Gasteiger partial charge in [-0.1, -0.05) is 24.3 Å². The van der Waals surface area contributed by atoms with Crippen molar-refractivity contribution in [3.63, 3.8) is 0 Å². The maximum absolute atomic E-state index is 11.2. The Morgan fingerprint density at radius 3 is 2.58 bits per heavy atom. The summed E-state index contributed by atoms with van der Waals surface area (Å²) in [6.07, 6.45) is 2.26. The number of primary sulfonamides is 1. The first-order valence-electron chi connectivity index (χ1n) is 7.99. The van der Waals surface area contributed by atoms with Crippen molar-refractivity contribution < 1.29 is 13.2 Å². The number of nitrogens with zero attached hydrogens (tertiary/aromatic N) is 1. The van der Waals surface area contributed by atoms with Crippen LogP contribution in [0.4, 0.5) is 0 Å². The maximum Gasteiger partial charge on any atom is 0.238 e. The van der Waals surface area contributed by atoms with E-state index < -0.39 is 10.0 Å². The molecule has 2 aromatic rings. The molecule has 1 aliphatic carbocycles. The van der Waals surface area contributed by atoms with Gasteiger partial charge in [-0.2, -0.15) is 0 Å². The number of likely N-dealkylation sites (N-methyl/N-ethyl adjacent to an activating group) is 1. The van der Waals surface area contributed by atoms with Crippen molar-refractivity contribution in [1.82, 2.24) is 4.90 Å². The van der Waals surface area contributed by atoms with Crippen molar-refractivity contribution in [2.45, 2.75) is 23.8 Å². The summed E-state index contributed by atoms with van der Waals surface area (Å²) in [5.74, 6) is 0.641. The predicted molar refractivity (Wildman–Crippen MR) is 93.4 cm³/mol. The summed E-state index contributed by atoms with van der Waals surface area (Å²) in [7, 11) is -1.55. The fourth-order valence-corrected chi connectivity index (χ4v) is 3.70. The molecule has 1 atom stereocenters. The average Bonchev–Trinajstić information content (AvgIpc) is 2.98. The van der Waals surface area contributed by atoms with Crippen molar-refractivity contribution in [1.29, 1.82) is 0 Å². The molecular weight excluding hydrogens is 324 g/mol. The van der Waals surface area contributed by atoms with E-state index in [2.05, 4.69) is 36.2 Å². The Kier molecular flexibility index (Phi) is 4.89. The first-order valence-corrected chi connectivity index (χ1v) is 9.53. The lowest BCUT2D eigenvalue weighted by atomic mass is 10.1. The third-order valence-corrected chi connectivity index (χ3v) is 5.43. The smallest absolute Gasteiger partial charge is 0.238 e. The Morgan fingerprint density at radius 1 is 1.17 bits per heavy atom. The van der Waals surface area contributed by atoms with Crippen molar-refractivity contribution in [2.24, 2.45) is 5.14 Å². The lowest BCUT2D eigenvalue weighted by Gasteiger charge is -2.25. The van der Waals surface area contributed by atoms with E-state index >= 15 is 0 Å². The average molecular weight is 346 g/mol. The summed E-state index contributed by atoms with van der Waals surface area (Å²) in [6, 6.07) is 15.2. The fraction of sp³-hybridized carbons (Fsp3) is 0.333. The number of aryl methyl sites for hydroxylation is 1. The monoisotopic (exact) mass is 346 g/mol. The second-order valence-corrected chi connectivity index (χ2v) is 7.66. The minimum atomic E-state index is -3.66. The number of benzene rings is 2. The van der Waals surface area contributed by atoms with Crippen LogP contribution in [-0.2, 0) is 16.4 Å².